The average Bonchev–Trinajstić information content (AvgIpc) is 2.95. The molecule has 0 radical (unpaired) electrons. The van der Waals surface area contributed by atoms with Gasteiger partial charge in [0.1, 0.15) is 5.69 Å². The second kappa shape index (κ2) is 6.04. The van der Waals surface area contributed by atoms with Crippen LogP contribution in [0, 0.1) is 5.92 Å². The van der Waals surface area contributed by atoms with Crippen LogP contribution in [0.15, 0.2) is 36.5 Å². The Balaban J connectivity index is 1.79. The summed E-state index contributed by atoms with van der Waals surface area (Å²) in [6.45, 7) is 2.27. The van der Waals surface area contributed by atoms with Crippen molar-refractivity contribution in [1.29, 1.82) is 0 Å². The van der Waals surface area contributed by atoms with Crippen molar-refractivity contribution in [2.75, 3.05) is 19.6 Å². The van der Waals surface area contributed by atoms with Gasteiger partial charge in [-0.2, -0.15) is 18.3 Å². The molecule has 0 atom stereocenters. The standard InChI is InChI=1S/C15H15F3N4O/c16-15(17,18)13-4-5-21-22(13)12-3-1-2-11(6-12)14(23)20-9-10-7-19-8-10/h1-6,10,19H,7-9H2,(H,20,23). The number of hydrogen-bond donors (Lipinski definition) is 2. The van der Waals surface area contributed by atoms with Gasteiger partial charge in [0.25, 0.3) is 5.91 Å². The van der Waals surface area contributed by atoms with Crippen molar-refractivity contribution in [3.63, 3.8) is 0 Å². The highest BCUT2D eigenvalue weighted by atomic mass is 19.4. The maximum atomic E-state index is 12.9. The number of nitrogens with one attached hydrogen (secondary N) is 2. The van der Waals surface area contributed by atoms with E-state index in [1.807, 2.05) is 0 Å². The summed E-state index contributed by atoms with van der Waals surface area (Å²) in [4.78, 5) is 12.1. The number of carbonyl (C=O) groups is 1. The van der Waals surface area contributed by atoms with Gasteiger partial charge in [0.15, 0.2) is 0 Å². The fraction of sp³-hybridized carbons (Fsp3) is 0.333. The first kappa shape index (κ1) is 15.5. The molecule has 5 nitrogen and oxygen atoms in total. The van der Waals surface area contributed by atoms with Crippen LogP contribution in [0.3, 0.4) is 0 Å². The van der Waals surface area contributed by atoms with Crippen molar-refractivity contribution in [1.82, 2.24) is 20.4 Å². The first-order valence-electron chi connectivity index (χ1n) is 7.16. The van der Waals surface area contributed by atoms with E-state index in [-0.39, 0.29) is 11.6 Å². The monoisotopic (exact) mass is 324 g/mol. The van der Waals surface area contributed by atoms with Gasteiger partial charge in [0, 0.05) is 31.1 Å². The number of aromatic nitrogens is 2. The van der Waals surface area contributed by atoms with E-state index in [1.165, 1.54) is 18.2 Å². The molecule has 3 rings (SSSR count). The van der Waals surface area contributed by atoms with Gasteiger partial charge in [-0.1, -0.05) is 6.07 Å². The zero-order valence-electron chi connectivity index (χ0n) is 12.1. The molecule has 1 aliphatic rings. The lowest BCUT2D eigenvalue weighted by molar-refractivity contribution is -0.142. The molecule has 0 aliphatic carbocycles. The molecule has 0 bridgehead atoms. The molecule has 122 valence electrons. The Morgan fingerprint density at radius 2 is 2.13 bits per heavy atom. The Labute approximate surface area is 130 Å². The summed E-state index contributed by atoms with van der Waals surface area (Å²) in [6, 6.07) is 6.88. The molecule has 1 aromatic heterocycles. The van der Waals surface area contributed by atoms with Gasteiger partial charge < -0.3 is 10.6 Å². The normalized spacial score (nSPS) is 15.3. The zero-order valence-corrected chi connectivity index (χ0v) is 12.1. The summed E-state index contributed by atoms with van der Waals surface area (Å²) in [7, 11) is 0. The number of nitrogens with zero attached hydrogens (tertiary/aromatic N) is 2. The average molecular weight is 324 g/mol. The largest absolute Gasteiger partial charge is 0.433 e. The van der Waals surface area contributed by atoms with Crippen molar-refractivity contribution < 1.29 is 18.0 Å². The van der Waals surface area contributed by atoms with E-state index in [0.29, 0.717) is 18.0 Å². The molecule has 2 aromatic rings. The predicted molar refractivity (Wildman–Crippen MR) is 77.3 cm³/mol. The van der Waals surface area contributed by atoms with E-state index in [4.69, 9.17) is 0 Å². The predicted octanol–water partition coefficient (Wildman–Crippen LogP) is 1.84. The molecule has 0 unspecified atom stereocenters. The van der Waals surface area contributed by atoms with Crippen LogP contribution < -0.4 is 10.6 Å². The summed E-state index contributed by atoms with van der Waals surface area (Å²) in [5.41, 5.74) is -0.380. The third kappa shape index (κ3) is 3.37. The minimum atomic E-state index is -4.51. The third-order valence-corrected chi connectivity index (χ3v) is 3.70. The fourth-order valence-corrected chi connectivity index (χ4v) is 2.33. The Bertz CT molecular complexity index is 707. The van der Waals surface area contributed by atoms with Crippen LogP contribution in [0.5, 0.6) is 0 Å². The minimum Gasteiger partial charge on any atom is -0.352 e. The lowest BCUT2D eigenvalue weighted by Gasteiger charge is -2.27. The minimum absolute atomic E-state index is 0.195. The maximum absolute atomic E-state index is 12.9. The third-order valence-electron chi connectivity index (χ3n) is 3.70. The summed E-state index contributed by atoms with van der Waals surface area (Å²) >= 11 is 0. The number of benzene rings is 1. The highest BCUT2D eigenvalue weighted by Gasteiger charge is 2.35. The number of rotatable bonds is 4. The number of alkyl halides is 3. The van der Waals surface area contributed by atoms with Gasteiger partial charge >= 0.3 is 6.18 Å². The fourth-order valence-electron chi connectivity index (χ4n) is 2.33. The quantitative estimate of drug-likeness (QED) is 0.902. The van der Waals surface area contributed by atoms with Gasteiger partial charge in [0.2, 0.25) is 0 Å². The molecule has 2 heterocycles. The van der Waals surface area contributed by atoms with E-state index >= 15 is 0 Å². The maximum Gasteiger partial charge on any atom is 0.433 e. The van der Waals surface area contributed by atoms with Crippen LogP contribution in [0.25, 0.3) is 5.69 Å². The highest BCUT2D eigenvalue weighted by Crippen LogP contribution is 2.30. The van der Waals surface area contributed by atoms with Gasteiger partial charge in [-0.25, -0.2) is 4.68 Å². The van der Waals surface area contributed by atoms with Gasteiger partial charge in [-0.3, -0.25) is 4.79 Å². The van der Waals surface area contributed by atoms with Crippen molar-refractivity contribution in [2.45, 2.75) is 6.18 Å². The lowest BCUT2D eigenvalue weighted by Crippen LogP contribution is -2.48. The highest BCUT2D eigenvalue weighted by molar-refractivity contribution is 5.94. The van der Waals surface area contributed by atoms with Crippen LogP contribution >= 0.6 is 0 Å². The molecule has 1 saturated heterocycles. The number of amides is 1. The number of halogens is 3. The summed E-state index contributed by atoms with van der Waals surface area (Å²) in [6.07, 6.45) is -3.43. The molecule has 23 heavy (non-hydrogen) atoms. The van der Waals surface area contributed by atoms with Crippen LogP contribution in [0.2, 0.25) is 0 Å². The molecule has 2 N–H and O–H groups in total. The topological polar surface area (TPSA) is 59.0 Å². The number of hydrogen-bond acceptors (Lipinski definition) is 3. The smallest absolute Gasteiger partial charge is 0.352 e. The summed E-state index contributed by atoms with van der Waals surface area (Å²) in [5, 5.41) is 9.60. The Kier molecular flexibility index (Phi) is 4.08. The second-order valence-corrected chi connectivity index (χ2v) is 5.41. The van der Waals surface area contributed by atoms with Crippen molar-refractivity contribution >= 4 is 5.91 Å². The lowest BCUT2D eigenvalue weighted by atomic mass is 10.0. The van der Waals surface area contributed by atoms with Gasteiger partial charge in [-0.05, 0) is 24.3 Å². The molecule has 1 aliphatic heterocycles. The molecular weight excluding hydrogens is 309 g/mol. The van der Waals surface area contributed by atoms with Gasteiger partial charge in [0.05, 0.1) is 11.9 Å². The first-order valence-corrected chi connectivity index (χ1v) is 7.16. The van der Waals surface area contributed by atoms with E-state index in [0.717, 1.165) is 30.0 Å². The van der Waals surface area contributed by atoms with Crippen molar-refractivity contribution in [2.24, 2.45) is 5.92 Å². The first-order chi connectivity index (χ1) is 10.9. The Morgan fingerprint density at radius 1 is 1.35 bits per heavy atom. The molecule has 1 amide bonds. The molecule has 0 saturated carbocycles. The van der Waals surface area contributed by atoms with Crippen LogP contribution in [0.1, 0.15) is 16.1 Å². The van der Waals surface area contributed by atoms with E-state index in [9.17, 15) is 18.0 Å². The van der Waals surface area contributed by atoms with Crippen LogP contribution in [0.4, 0.5) is 13.2 Å². The summed E-state index contributed by atoms with van der Waals surface area (Å²) < 4.78 is 39.6. The Hall–Kier alpha value is -2.35. The number of carbonyl (C=O) groups excluding carboxylic acids is 1. The van der Waals surface area contributed by atoms with Crippen LogP contribution in [-0.4, -0.2) is 35.3 Å². The van der Waals surface area contributed by atoms with Crippen molar-refractivity contribution in [3.05, 3.63) is 47.8 Å². The molecule has 0 spiro atoms. The zero-order chi connectivity index (χ0) is 16.4. The second-order valence-electron chi connectivity index (χ2n) is 5.41. The van der Waals surface area contributed by atoms with Crippen LogP contribution in [-0.2, 0) is 6.18 Å². The summed E-state index contributed by atoms with van der Waals surface area (Å²) in [5.74, 6) is 0.101. The molecule has 1 aromatic carbocycles. The van der Waals surface area contributed by atoms with Gasteiger partial charge in [-0.15, -0.1) is 0 Å². The van der Waals surface area contributed by atoms with E-state index in [2.05, 4.69) is 15.7 Å². The SMILES string of the molecule is O=C(NCC1CNC1)c1cccc(-n2nccc2C(F)(F)F)c1. The molecular formula is C15H15F3N4O. The molecule has 1 fully saturated rings. The van der Waals surface area contributed by atoms with E-state index < -0.39 is 11.9 Å². The Morgan fingerprint density at radius 3 is 2.78 bits per heavy atom. The molecule has 8 heteroatoms. The van der Waals surface area contributed by atoms with E-state index in [1.54, 1.807) is 6.07 Å². The van der Waals surface area contributed by atoms with Crippen molar-refractivity contribution in [3.8, 4) is 5.69 Å².